The maximum absolute atomic E-state index is 13.0. The van der Waals surface area contributed by atoms with Crippen LogP contribution in [0.4, 0.5) is 0 Å². The number of nitrogens with zero attached hydrogens (tertiary/aromatic N) is 2. The third-order valence-electron chi connectivity index (χ3n) is 4.44. The highest BCUT2D eigenvalue weighted by Gasteiger charge is 2.41. The van der Waals surface area contributed by atoms with Crippen molar-refractivity contribution in [2.75, 3.05) is 7.05 Å². The lowest BCUT2D eigenvalue weighted by Crippen LogP contribution is -2.47. The monoisotopic (exact) mass is 364 g/mol. The molecule has 1 heterocycles. The van der Waals surface area contributed by atoms with Gasteiger partial charge in [0, 0.05) is 23.0 Å². The minimum atomic E-state index is -0.565. The van der Waals surface area contributed by atoms with Crippen molar-refractivity contribution in [2.24, 2.45) is 0 Å². The van der Waals surface area contributed by atoms with Gasteiger partial charge in [-0.05, 0) is 23.6 Å². The summed E-state index contributed by atoms with van der Waals surface area (Å²) in [6.07, 6.45) is 0. The number of hydrogen-bond acceptors (Lipinski definition) is 3. The molecule has 1 aliphatic heterocycles. The second-order valence-electron chi connectivity index (χ2n) is 5.94. The fourth-order valence-electron chi connectivity index (χ4n) is 3.17. The molecule has 1 aliphatic rings. The summed E-state index contributed by atoms with van der Waals surface area (Å²) in [5.74, 6) is -1.55. The van der Waals surface area contributed by atoms with Crippen molar-refractivity contribution in [2.45, 2.75) is 0 Å². The molecule has 0 saturated carbocycles. The Balaban J connectivity index is 1.81. The Morgan fingerprint density at radius 3 is 2.23 bits per heavy atom. The first-order chi connectivity index (χ1) is 12.5. The van der Waals surface area contributed by atoms with Gasteiger partial charge in [0.15, 0.2) is 0 Å². The number of amides is 3. The molecule has 5 nitrogen and oxygen atoms in total. The molecule has 0 atom stereocenters. The largest absolute Gasteiger partial charge is 0.281 e. The summed E-state index contributed by atoms with van der Waals surface area (Å²) < 4.78 is 0. The zero-order chi connectivity index (χ0) is 18.4. The number of rotatable bonds is 2. The van der Waals surface area contributed by atoms with Gasteiger partial charge in [-0.2, -0.15) is 5.01 Å². The zero-order valence-corrected chi connectivity index (χ0v) is 14.5. The molecule has 0 saturated heterocycles. The first-order valence-corrected chi connectivity index (χ1v) is 8.31. The van der Waals surface area contributed by atoms with Crippen LogP contribution in [0.25, 0.3) is 10.8 Å². The highest BCUT2D eigenvalue weighted by Crippen LogP contribution is 2.35. The SMILES string of the molecule is CN(C(=O)c1ccccc1)N1C(=O)c2cc(Cl)c3ccccc3c2C1=O. The molecule has 0 radical (unpaired) electrons. The number of halogens is 1. The van der Waals surface area contributed by atoms with Gasteiger partial charge in [-0.3, -0.25) is 14.4 Å². The van der Waals surface area contributed by atoms with Crippen LogP contribution in [0.15, 0.2) is 60.7 Å². The molecule has 0 aliphatic carbocycles. The Morgan fingerprint density at radius 1 is 0.923 bits per heavy atom. The molecule has 128 valence electrons. The van der Waals surface area contributed by atoms with Crippen LogP contribution in [-0.4, -0.2) is 34.8 Å². The summed E-state index contributed by atoms with van der Waals surface area (Å²) in [6.45, 7) is 0. The van der Waals surface area contributed by atoms with Crippen LogP contribution < -0.4 is 0 Å². The Morgan fingerprint density at radius 2 is 1.54 bits per heavy atom. The van der Waals surface area contributed by atoms with Crippen molar-refractivity contribution in [1.82, 2.24) is 10.0 Å². The van der Waals surface area contributed by atoms with Crippen LogP contribution >= 0.6 is 11.6 Å². The Bertz CT molecular complexity index is 1080. The molecule has 6 heteroatoms. The van der Waals surface area contributed by atoms with E-state index in [2.05, 4.69) is 0 Å². The second-order valence-corrected chi connectivity index (χ2v) is 6.35. The summed E-state index contributed by atoms with van der Waals surface area (Å²) in [5, 5.41) is 3.58. The third kappa shape index (κ3) is 2.29. The van der Waals surface area contributed by atoms with E-state index in [1.165, 1.54) is 13.1 Å². The average Bonchev–Trinajstić information content (AvgIpc) is 2.92. The lowest BCUT2D eigenvalue weighted by Gasteiger charge is -2.25. The summed E-state index contributed by atoms with van der Waals surface area (Å²) in [4.78, 5) is 38.5. The van der Waals surface area contributed by atoms with Crippen molar-refractivity contribution < 1.29 is 14.4 Å². The number of carbonyl (C=O) groups excluding carboxylic acids is 3. The summed E-state index contributed by atoms with van der Waals surface area (Å²) in [7, 11) is 1.40. The van der Waals surface area contributed by atoms with E-state index in [1.54, 1.807) is 48.5 Å². The normalized spacial score (nSPS) is 13.2. The van der Waals surface area contributed by atoms with Crippen molar-refractivity contribution in [1.29, 1.82) is 0 Å². The van der Waals surface area contributed by atoms with E-state index in [4.69, 9.17) is 11.6 Å². The molecule has 4 rings (SSSR count). The zero-order valence-electron chi connectivity index (χ0n) is 13.8. The lowest BCUT2D eigenvalue weighted by molar-refractivity contribution is 0.0128. The van der Waals surface area contributed by atoms with Crippen molar-refractivity contribution in [3.8, 4) is 0 Å². The molecule has 0 fully saturated rings. The standard InChI is InChI=1S/C20H13ClN2O3/c1-22(18(24)12-7-3-2-4-8-12)23-19(25)15-11-16(21)13-9-5-6-10-14(13)17(15)20(23)26/h2-11H,1H3. The van der Waals surface area contributed by atoms with Gasteiger partial charge < -0.3 is 0 Å². The Hall–Kier alpha value is -3.18. The van der Waals surface area contributed by atoms with Crippen molar-refractivity contribution in [3.63, 3.8) is 0 Å². The predicted molar refractivity (Wildman–Crippen MR) is 98.0 cm³/mol. The number of fused-ring (bicyclic) bond motifs is 3. The van der Waals surface area contributed by atoms with E-state index in [0.29, 0.717) is 21.4 Å². The quantitative estimate of drug-likeness (QED) is 0.650. The molecule has 3 aromatic carbocycles. The topological polar surface area (TPSA) is 57.7 Å². The Kier molecular flexibility index (Phi) is 3.74. The maximum Gasteiger partial charge on any atom is 0.281 e. The van der Waals surface area contributed by atoms with Gasteiger partial charge in [-0.1, -0.05) is 54.1 Å². The summed E-state index contributed by atoms with van der Waals surface area (Å²) in [5.41, 5.74) is 0.851. The van der Waals surface area contributed by atoms with Crippen molar-refractivity contribution in [3.05, 3.63) is 82.4 Å². The van der Waals surface area contributed by atoms with Gasteiger partial charge in [0.1, 0.15) is 0 Å². The first-order valence-electron chi connectivity index (χ1n) is 7.93. The smallest absolute Gasteiger partial charge is 0.267 e. The molecule has 0 spiro atoms. The van der Waals surface area contributed by atoms with Crippen LogP contribution in [0.5, 0.6) is 0 Å². The third-order valence-corrected chi connectivity index (χ3v) is 4.75. The summed E-state index contributed by atoms with van der Waals surface area (Å²) >= 11 is 6.28. The fourth-order valence-corrected chi connectivity index (χ4v) is 3.45. The van der Waals surface area contributed by atoms with E-state index in [-0.39, 0.29) is 11.1 Å². The van der Waals surface area contributed by atoms with Crippen LogP contribution in [-0.2, 0) is 0 Å². The van der Waals surface area contributed by atoms with Crippen molar-refractivity contribution >= 4 is 40.1 Å². The van der Waals surface area contributed by atoms with Crippen LogP contribution in [0.2, 0.25) is 5.02 Å². The molecule has 0 unspecified atom stereocenters. The van der Waals surface area contributed by atoms with E-state index in [0.717, 1.165) is 10.0 Å². The van der Waals surface area contributed by atoms with Gasteiger partial charge in [-0.25, -0.2) is 5.01 Å². The van der Waals surface area contributed by atoms with Crippen LogP contribution in [0.1, 0.15) is 31.1 Å². The van der Waals surface area contributed by atoms with E-state index in [9.17, 15) is 14.4 Å². The molecule has 0 aromatic heterocycles. The van der Waals surface area contributed by atoms with E-state index in [1.807, 2.05) is 6.07 Å². The average molecular weight is 365 g/mol. The molecule has 0 bridgehead atoms. The van der Waals surface area contributed by atoms with Gasteiger partial charge in [0.25, 0.3) is 17.7 Å². The fraction of sp³-hybridized carbons (Fsp3) is 0.0500. The molecule has 26 heavy (non-hydrogen) atoms. The highest BCUT2D eigenvalue weighted by molar-refractivity contribution is 6.38. The van der Waals surface area contributed by atoms with E-state index >= 15 is 0 Å². The number of imide groups is 1. The predicted octanol–water partition coefficient (Wildman–Crippen LogP) is 3.78. The minimum absolute atomic E-state index is 0.200. The van der Waals surface area contributed by atoms with Crippen LogP contribution in [0.3, 0.4) is 0 Å². The van der Waals surface area contributed by atoms with Crippen LogP contribution in [0, 0.1) is 0 Å². The number of carbonyl (C=O) groups is 3. The van der Waals surface area contributed by atoms with Gasteiger partial charge in [-0.15, -0.1) is 0 Å². The molecule has 0 N–H and O–H groups in total. The molecule has 3 amide bonds. The molecule has 3 aromatic rings. The highest BCUT2D eigenvalue weighted by atomic mass is 35.5. The number of hydrazine groups is 1. The van der Waals surface area contributed by atoms with Gasteiger partial charge in [0.2, 0.25) is 0 Å². The number of benzene rings is 3. The summed E-state index contributed by atoms with van der Waals surface area (Å²) in [6, 6.07) is 17.1. The van der Waals surface area contributed by atoms with Gasteiger partial charge in [0.05, 0.1) is 11.1 Å². The van der Waals surface area contributed by atoms with E-state index < -0.39 is 17.7 Å². The minimum Gasteiger partial charge on any atom is -0.267 e. The Labute approximate surface area is 154 Å². The second kappa shape index (κ2) is 5.97. The number of hydrogen-bond donors (Lipinski definition) is 0. The first kappa shape index (κ1) is 16.3. The maximum atomic E-state index is 13.0. The van der Waals surface area contributed by atoms with Gasteiger partial charge >= 0.3 is 0 Å². The molecular formula is C20H13ClN2O3. The lowest BCUT2D eigenvalue weighted by atomic mass is 10.0. The molecular weight excluding hydrogens is 352 g/mol.